The Morgan fingerprint density at radius 1 is 1.17 bits per heavy atom. The molecule has 0 bridgehead atoms. The minimum atomic E-state index is -4.28. The van der Waals surface area contributed by atoms with Gasteiger partial charge in [0.05, 0.1) is 10.6 Å². The summed E-state index contributed by atoms with van der Waals surface area (Å²) in [4.78, 5) is 22.4. The average Bonchev–Trinajstić information content (AvgIpc) is 3.22. The number of non-ortho nitro benzene ring substituents is 1. The van der Waals surface area contributed by atoms with Gasteiger partial charge in [0.25, 0.3) is 11.6 Å². The third kappa shape index (κ3) is 3.77. The van der Waals surface area contributed by atoms with Crippen molar-refractivity contribution < 1.29 is 27.1 Å². The van der Waals surface area contributed by atoms with E-state index in [2.05, 4.69) is 5.32 Å². The SMILES string of the molecule is O=C1COc2ccc(S(=O)(=O)Oc3ccc([N+](=O)[O-])cc3-c3cccs3)cc2N1. The van der Waals surface area contributed by atoms with Crippen molar-refractivity contribution in [3.8, 4) is 21.9 Å². The molecule has 2 heterocycles. The lowest BCUT2D eigenvalue weighted by Gasteiger charge is -2.18. The van der Waals surface area contributed by atoms with Crippen LogP contribution in [0.4, 0.5) is 11.4 Å². The molecule has 3 aromatic rings. The predicted molar refractivity (Wildman–Crippen MR) is 105 cm³/mol. The van der Waals surface area contributed by atoms with Crippen LogP contribution in [0.15, 0.2) is 58.8 Å². The second-order valence-electron chi connectivity index (χ2n) is 5.95. The number of hydrogen-bond donors (Lipinski definition) is 1. The Morgan fingerprint density at radius 2 is 2.00 bits per heavy atom. The number of anilines is 1. The van der Waals surface area contributed by atoms with E-state index < -0.39 is 20.9 Å². The van der Waals surface area contributed by atoms with Gasteiger partial charge in [0.2, 0.25) is 0 Å². The van der Waals surface area contributed by atoms with E-state index in [9.17, 15) is 23.3 Å². The van der Waals surface area contributed by atoms with Gasteiger partial charge < -0.3 is 14.2 Å². The van der Waals surface area contributed by atoms with Gasteiger partial charge in [0.15, 0.2) is 12.4 Å². The molecule has 0 spiro atoms. The molecule has 0 atom stereocenters. The first-order valence-corrected chi connectivity index (χ1v) is 10.5. The quantitative estimate of drug-likeness (QED) is 0.372. The van der Waals surface area contributed by atoms with Crippen LogP contribution in [0.2, 0.25) is 0 Å². The van der Waals surface area contributed by atoms with E-state index in [0.29, 0.717) is 10.6 Å². The summed E-state index contributed by atoms with van der Waals surface area (Å²) in [5, 5.41) is 15.4. The van der Waals surface area contributed by atoms with E-state index in [1.165, 1.54) is 47.7 Å². The number of hydrogen-bond acceptors (Lipinski definition) is 8. The molecule has 0 fully saturated rings. The van der Waals surface area contributed by atoms with Crippen molar-refractivity contribution in [1.82, 2.24) is 0 Å². The summed E-state index contributed by atoms with van der Waals surface area (Å²) in [5.41, 5.74) is 0.312. The number of nitrogens with zero attached hydrogens (tertiary/aromatic N) is 1. The topological polar surface area (TPSA) is 125 Å². The first-order valence-electron chi connectivity index (χ1n) is 8.17. The van der Waals surface area contributed by atoms with Crippen molar-refractivity contribution in [1.29, 1.82) is 0 Å². The van der Waals surface area contributed by atoms with Crippen LogP contribution in [0.1, 0.15) is 0 Å². The molecule has 11 heteroatoms. The van der Waals surface area contributed by atoms with Crippen LogP contribution in [-0.2, 0) is 14.9 Å². The number of fused-ring (bicyclic) bond motifs is 1. The monoisotopic (exact) mass is 432 g/mol. The third-order valence-electron chi connectivity index (χ3n) is 4.03. The fraction of sp³-hybridized carbons (Fsp3) is 0.0556. The molecule has 0 aliphatic carbocycles. The molecule has 0 saturated heterocycles. The number of thiophene rings is 1. The molecule has 148 valence electrons. The lowest BCUT2D eigenvalue weighted by atomic mass is 10.1. The first kappa shape index (κ1) is 18.9. The molecule has 0 radical (unpaired) electrons. The maximum Gasteiger partial charge on any atom is 0.339 e. The van der Waals surface area contributed by atoms with Gasteiger partial charge in [-0.25, -0.2) is 0 Å². The minimum Gasteiger partial charge on any atom is -0.482 e. The van der Waals surface area contributed by atoms with Crippen LogP contribution in [0.3, 0.4) is 0 Å². The highest BCUT2D eigenvalue weighted by Crippen LogP contribution is 2.38. The Bertz CT molecular complexity index is 1220. The number of nitro benzene ring substituents is 1. The maximum atomic E-state index is 12.8. The lowest BCUT2D eigenvalue weighted by molar-refractivity contribution is -0.384. The van der Waals surface area contributed by atoms with Crippen LogP contribution >= 0.6 is 11.3 Å². The highest BCUT2D eigenvalue weighted by Gasteiger charge is 2.24. The molecule has 1 amide bonds. The van der Waals surface area contributed by atoms with E-state index in [4.69, 9.17) is 8.92 Å². The van der Waals surface area contributed by atoms with Gasteiger partial charge >= 0.3 is 10.1 Å². The molecule has 0 unspecified atom stereocenters. The normalized spacial score (nSPS) is 13.2. The zero-order valence-electron chi connectivity index (χ0n) is 14.5. The minimum absolute atomic E-state index is 0.0453. The number of nitro groups is 1. The summed E-state index contributed by atoms with van der Waals surface area (Å²) in [5.74, 6) is -0.0995. The van der Waals surface area contributed by atoms with E-state index in [1.54, 1.807) is 17.5 Å². The smallest absolute Gasteiger partial charge is 0.339 e. The standard InChI is InChI=1S/C18H12N2O7S2/c21-18-10-26-16-6-4-12(9-14(16)19-18)29(24,25)27-15-5-3-11(20(22)23)8-13(15)17-2-1-7-28-17/h1-9H,10H2,(H,19,21). The Hall–Kier alpha value is -3.44. The van der Waals surface area contributed by atoms with Crippen LogP contribution in [0, 0.1) is 10.1 Å². The number of amides is 1. The summed E-state index contributed by atoms with van der Waals surface area (Å²) in [6.45, 7) is -0.150. The van der Waals surface area contributed by atoms with Crippen molar-refractivity contribution in [3.63, 3.8) is 0 Å². The highest BCUT2D eigenvalue weighted by molar-refractivity contribution is 7.87. The van der Waals surface area contributed by atoms with Gasteiger partial charge in [0, 0.05) is 22.6 Å². The molecule has 4 rings (SSSR count). The van der Waals surface area contributed by atoms with Gasteiger partial charge in [-0.3, -0.25) is 14.9 Å². The van der Waals surface area contributed by atoms with Crippen LogP contribution < -0.4 is 14.2 Å². The van der Waals surface area contributed by atoms with Crippen LogP contribution in [0.25, 0.3) is 10.4 Å². The predicted octanol–water partition coefficient (Wildman–Crippen LogP) is 3.42. The summed E-state index contributed by atoms with van der Waals surface area (Å²) in [7, 11) is -4.28. The second kappa shape index (κ2) is 7.18. The maximum absolute atomic E-state index is 12.8. The molecule has 1 aliphatic rings. The molecule has 1 aliphatic heterocycles. The Kier molecular flexibility index (Phi) is 4.68. The second-order valence-corrected chi connectivity index (χ2v) is 8.44. The zero-order valence-corrected chi connectivity index (χ0v) is 16.2. The number of carbonyl (C=O) groups excluding carboxylic acids is 1. The molecule has 0 saturated carbocycles. The molecule has 1 aromatic heterocycles. The summed E-state index contributed by atoms with van der Waals surface area (Å²) in [6.07, 6.45) is 0. The van der Waals surface area contributed by atoms with Crippen molar-refractivity contribution in [2.45, 2.75) is 4.90 Å². The molecule has 1 N–H and O–H groups in total. The third-order valence-corrected chi connectivity index (χ3v) is 6.17. The van der Waals surface area contributed by atoms with Crippen molar-refractivity contribution >= 4 is 38.7 Å². The highest BCUT2D eigenvalue weighted by atomic mass is 32.2. The van der Waals surface area contributed by atoms with Gasteiger partial charge in [-0.1, -0.05) is 6.07 Å². The van der Waals surface area contributed by atoms with Crippen molar-refractivity contribution in [2.75, 3.05) is 11.9 Å². The van der Waals surface area contributed by atoms with E-state index >= 15 is 0 Å². The Balaban J connectivity index is 1.73. The largest absolute Gasteiger partial charge is 0.482 e. The van der Waals surface area contributed by atoms with Gasteiger partial charge in [-0.2, -0.15) is 8.42 Å². The zero-order chi connectivity index (χ0) is 20.6. The number of nitrogens with one attached hydrogen (secondary N) is 1. The lowest BCUT2D eigenvalue weighted by Crippen LogP contribution is -2.25. The number of benzene rings is 2. The van der Waals surface area contributed by atoms with Crippen LogP contribution in [-0.4, -0.2) is 25.9 Å². The van der Waals surface area contributed by atoms with Gasteiger partial charge in [-0.15, -0.1) is 11.3 Å². The number of rotatable bonds is 5. The Morgan fingerprint density at radius 3 is 2.72 bits per heavy atom. The van der Waals surface area contributed by atoms with Crippen LogP contribution in [0.5, 0.6) is 11.5 Å². The first-order chi connectivity index (χ1) is 13.8. The fourth-order valence-electron chi connectivity index (χ4n) is 2.71. The molecule has 29 heavy (non-hydrogen) atoms. The number of carbonyl (C=O) groups is 1. The molecular formula is C18H12N2O7S2. The summed E-state index contributed by atoms with van der Waals surface area (Å²) < 4.78 is 36.1. The fourth-order valence-corrected chi connectivity index (χ4v) is 4.43. The summed E-state index contributed by atoms with van der Waals surface area (Å²) in [6, 6.07) is 11.1. The Labute approximate surface area is 168 Å². The summed E-state index contributed by atoms with van der Waals surface area (Å²) >= 11 is 1.29. The van der Waals surface area contributed by atoms with Crippen molar-refractivity contribution in [2.24, 2.45) is 0 Å². The van der Waals surface area contributed by atoms with E-state index in [1.807, 2.05) is 0 Å². The molecule has 2 aromatic carbocycles. The van der Waals surface area contributed by atoms with Crippen molar-refractivity contribution in [3.05, 3.63) is 64.0 Å². The average molecular weight is 432 g/mol. The van der Waals surface area contributed by atoms with E-state index in [0.717, 1.165) is 0 Å². The molecular weight excluding hydrogens is 420 g/mol. The number of ether oxygens (including phenoxy) is 1. The van der Waals surface area contributed by atoms with Gasteiger partial charge in [-0.05, 0) is 35.7 Å². The van der Waals surface area contributed by atoms with E-state index in [-0.39, 0.29) is 34.2 Å². The molecule has 9 nitrogen and oxygen atoms in total. The van der Waals surface area contributed by atoms with Gasteiger partial charge in [0.1, 0.15) is 10.6 Å².